The Morgan fingerprint density at radius 3 is 2.59 bits per heavy atom. The average Bonchev–Trinajstić information content (AvgIpc) is 3.00. The van der Waals surface area contributed by atoms with Crippen LogP contribution in [0.4, 0.5) is 5.69 Å². The maximum atomic E-state index is 12.8. The third kappa shape index (κ3) is 5.29. The van der Waals surface area contributed by atoms with Crippen molar-refractivity contribution in [1.82, 2.24) is 10.2 Å². The number of fused-ring (bicyclic) bond motifs is 1. The number of nitrogens with zero attached hydrogens (tertiary/aromatic N) is 2. The quantitative estimate of drug-likeness (QED) is 0.724. The van der Waals surface area contributed by atoms with Crippen LogP contribution in [0.2, 0.25) is 0 Å². The summed E-state index contributed by atoms with van der Waals surface area (Å²) in [6.07, 6.45) is 2.86. The predicted octanol–water partition coefficient (Wildman–Crippen LogP) is 1.87. The summed E-state index contributed by atoms with van der Waals surface area (Å²) >= 11 is 0. The molecule has 1 fully saturated rings. The third-order valence-electron chi connectivity index (χ3n) is 5.66. The standard InChI is InChI=1S/C21H33N3O4S/c1-15(2)11-19(23-7-9-28-10-8-23)14-22-21(25)17-5-6-20-18(13-17)12-16(3)24(20)29(4,26)27/h5-6,13,15-16,19H,7-12,14H2,1-4H3,(H,22,25). The molecular formula is C21H33N3O4S. The van der Waals surface area contributed by atoms with Gasteiger partial charge in [-0.25, -0.2) is 8.42 Å². The van der Waals surface area contributed by atoms with Gasteiger partial charge in [0.15, 0.2) is 0 Å². The van der Waals surface area contributed by atoms with Crippen LogP contribution >= 0.6 is 0 Å². The molecule has 0 aliphatic carbocycles. The van der Waals surface area contributed by atoms with Crippen molar-refractivity contribution in [2.24, 2.45) is 5.92 Å². The van der Waals surface area contributed by atoms with Crippen molar-refractivity contribution in [3.8, 4) is 0 Å². The number of benzene rings is 1. The minimum Gasteiger partial charge on any atom is -0.379 e. The number of hydrogen-bond donors (Lipinski definition) is 1. The number of hydrogen-bond acceptors (Lipinski definition) is 5. The fraction of sp³-hybridized carbons (Fsp3) is 0.667. The van der Waals surface area contributed by atoms with Gasteiger partial charge in [-0.2, -0.15) is 0 Å². The molecule has 0 radical (unpaired) electrons. The molecule has 0 spiro atoms. The van der Waals surface area contributed by atoms with Gasteiger partial charge in [0.25, 0.3) is 5.91 Å². The minimum atomic E-state index is -3.33. The molecule has 0 bridgehead atoms. The van der Waals surface area contributed by atoms with E-state index < -0.39 is 10.0 Å². The molecule has 1 N–H and O–H groups in total. The van der Waals surface area contributed by atoms with E-state index in [4.69, 9.17) is 4.74 Å². The maximum Gasteiger partial charge on any atom is 0.251 e. The highest BCUT2D eigenvalue weighted by atomic mass is 32.2. The Morgan fingerprint density at radius 2 is 1.97 bits per heavy atom. The van der Waals surface area contributed by atoms with E-state index in [2.05, 4.69) is 24.1 Å². The van der Waals surface area contributed by atoms with Crippen LogP contribution in [0.1, 0.15) is 43.1 Å². The summed E-state index contributed by atoms with van der Waals surface area (Å²) in [5.74, 6) is 0.434. The summed E-state index contributed by atoms with van der Waals surface area (Å²) in [5.41, 5.74) is 2.17. The van der Waals surface area contributed by atoms with Gasteiger partial charge in [-0.15, -0.1) is 0 Å². The van der Waals surface area contributed by atoms with Crippen LogP contribution in [0, 0.1) is 5.92 Å². The molecule has 0 aromatic heterocycles. The molecular weight excluding hydrogens is 390 g/mol. The second kappa shape index (κ2) is 9.02. The zero-order valence-electron chi connectivity index (χ0n) is 17.8. The molecule has 3 rings (SSSR count). The largest absolute Gasteiger partial charge is 0.379 e. The SMILES string of the molecule is CC(C)CC(CNC(=O)c1ccc2c(c1)CC(C)N2S(C)(=O)=O)N1CCOCC1. The fourth-order valence-electron chi connectivity index (χ4n) is 4.41. The first kappa shape index (κ1) is 22.1. The molecule has 2 atom stereocenters. The van der Waals surface area contributed by atoms with Crippen molar-refractivity contribution in [2.75, 3.05) is 43.4 Å². The number of carbonyl (C=O) groups is 1. The summed E-state index contributed by atoms with van der Waals surface area (Å²) in [7, 11) is -3.33. The van der Waals surface area contributed by atoms with Crippen LogP contribution < -0.4 is 9.62 Å². The number of rotatable bonds is 7. The van der Waals surface area contributed by atoms with Crippen molar-refractivity contribution < 1.29 is 17.9 Å². The second-order valence-electron chi connectivity index (χ2n) is 8.60. The summed E-state index contributed by atoms with van der Waals surface area (Å²) in [4.78, 5) is 15.2. The Bertz CT molecular complexity index is 834. The number of anilines is 1. The lowest BCUT2D eigenvalue weighted by Gasteiger charge is -2.35. The van der Waals surface area contributed by atoms with Crippen molar-refractivity contribution >= 4 is 21.6 Å². The number of morpholine rings is 1. The van der Waals surface area contributed by atoms with E-state index in [1.807, 2.05) is 13.0 Å². The minimum absolute atomic E-state index is 0.111. The molecule has 1 aromatic carbocycles. The third-order valence-corrected chi connectivity index (χ3v) is 6.93. The summed E-state index contributed by atoms with van der Waals surface area (Å²) < 4.78 is 31.1. The predicted molar refractivity (Wildman–Crippen MR) is 115 cm³/mol. The lowest BCUT2D eigenvalue weighted by molar-refractivity contribution is 0.0124. The monoisotopic (exact) mass is 423 g/mol. The van der Waals surface area contributed by atoms with E-state index in [0.29, 0.717) is 30.1 Å². The van der Waals surface area contributed by atoms with Gasteiger partial charge in [0.05, 0.1) is 25.2 Å². The van der Waals surface area contributed by atoms with Gasteiger partial charge >= 0.3 is 0 Å². The molecule has 0 saturated carbocycles. The number of amides is 1. The van der Waals surface area contributed by atoms with Crippen LogP contribution in [0.3, 0.4) is 0 Å². The second-order valence-corrected chi connectivity index (χ2v) is 10.5. The molecule has 8 heteroatoms. The van der Waals surface area contributed by atoms with Crippen LogP contribution in [-0.2, 0) is 21.2 Å². The smallest absolute Gasteiger partial charge is 0.251 e. The van der Waals surface area contributed by atoms with Gasteiger partial charge in [0.1, 0.15) is 0 Å². The van der Waals surface area contributed by atoms with E-state index in [1.54, 1.807) is 12.1 Å². The molecule has 162 valence electrons. The molecule has 2 heterocycles. The van der Waals surface area contributed by atoms with Crippen molar-refractivity contribution in [2.45, 2.75) is 45.7 Å². The first-order valence-electron chi connectivity index (χ1n) is 10.4. The molecule has 2 unspecified atom stereocenters. The fourth-order valence-corrected chi connectivity index (χ4v) is 5.67. The Labute approximate surface area is 174 Å². The Kier molecular flexibility index (Phi) is 6.86. The molecule has 29 heavy (non-hydrogen) atoms. The van der Waals surface area contributed by atoms with E-state index in [-0.39, 0.29) is 18.0 Å². The topological polar surface area (TPSA) is 79.0 Å². The van der Waals surface area contributed by atoms with Crippen molar-refractivity contribution in [3.63, 3.8) is 0 Å². The number of carbonyl (C=O) groups excluding carboxylic acids is 1. The normalized spacial score (nSPS) is 21.3. The lowest BCUT2D eigenvalue weighted by Crippen LogP contribution is -2.49. The molecule has 2 aliphatic rings. The van der Waals surface area contributed by atoms with E-state index in [9.17, 15) is 13.2 Å². The molecule has 7 nitrogen and oxygen atoms in total. The maximum absolute atomic E-state index is 12.8. The van der Waals surface area contributed by atoms with Gasteiger partial charge in [-0.05, 0) is 49.4 Å². The first-order chi connectivity index (χ1) is 13.7. The van der Waals surface area contributed by atoms with Crippen LogP contribution in [-0.4, -0.2) is 70.4 Å². The highest BCUT2D eigenvalue weighted by Gasteiger charge is 2.33. The number of ether oxygens (including phenoxy) is 1. The number of nitrogens with one attached hydrogen (secondary N) is 1. The lowest BCUT2D eigenvalue weighted by atomic mass is 10.0. The average molecular weight is 424 g/mol. The van der Waals surface area contributed by atoms with Crippen molar-refractivity contribution in [3.05, 3.63) is 29.3 Å². The Hall–Kier alpha value is -1.64. The van der Waals surface area contributed by atoms with E-state index >= 15 is 0 Å². The summed E-state index contributed by atoms with van der Waals surface area (Å²) in [6, 6.07) is 5.46. The zero-order valence-corrected chi connectivity index (χ0v) is 18.7. The van der Waals surface area contributed by atoms with Gasteiger partial charge in [-0.1, -0.05) is 13.8 Å². The van der Waals surface area contributed by atoms with Gasteiger partial charge < -0.3 is 10.1 Å². The van der Waals surface area contributed by atoms with Gasteiger partial charge in [0.2, 0.25) is 10.0 Å². The zero-order chi connectivity index (χ0) is 21.2. The van der Waals surface area contributed by atoms with Gasteiger partial charge in [0, 0.05) is 37.3 Å². The van der Waals surface area contributed by atoms with Crippen LogP contribution in [0.5, 0.6) is 0 Å². The van der Waals surface area contributed by atoms with Crippen LogP contribution in [0.25, 0.3) is 0 Å². The van der Waals surface area contributed by atoms with Crippen LogP contribution in [0.15, 0.2) is 18.2 Å². The van der Waals surface area contributed by atoms with E-state index in [0.717, 1.165) is 38.3 Å². The molecule has 1 aromatic rings. The first-order valence-corrected chi connectivity index (χ1v) is 12.2. The van der Waals surface area contributed by atoms with Gasteiger partial charge in [-0.3, -0.25) is 14.0 Å². The highest BCUT2D eigenvalue weighted by molar-refractivity contribution is 7.92. The van der Waals surface area contributed by atoms with Crippen molar-refractivity contribution in [1.29, 1.82) is 0 Å². The molecule has 2 aliphatic heterocycles. The number of sulfonamides is 1. The Morgan fingerprint density at radius 1 is 1.28 bits per heavy atom. The Balaban J connectivity index is 1.68. The molecule has 1 amide bonds. The highest BCUT2D eigenvalue weighted by Crippen LogP contribution is 2.34. The molecule has 1 saturated heterocycles. The summed E-state index contributed by atoms with van der Waals surface area (Å²) in [5, 5.41) is 3.09. The van der Waals surface area contributed by atoms with E-state index in [1.165, 1.54) is 10.6 Å². The summed E-state index contributed by atoms with van der Waals surface area (Å²) in [6.45, 7) is 10.1.